The smallest absolute Gasteiger partial charge is 0.144 e. The van der Waals surface area contributed by atoms with Crippen molar-refractivity contribution in [1.29, 1.82) is 0 Å². The average molecular weight is 284 g/mol. The lowest BCUT2D eigenvalue weighted by Gasteiger charge is -2.21. The second-order valence-electron chi connectivity index (χ2n) is 5.56. The largest absolute Gasteiger partial charge is 0.314 e. The van der Waals surface area contributed by atoms with Crippen molar-refractivity contribution in [3.8, 4) is 0 Å². The minimum absolute atomic E-state index is 0.228. The predicted molar refractivity (Wildman–Crippen MR) is 79.2 cm³/mol. The number of hydrogen-bond donors (Lipinski definition) is 1. The Morgan fingerprint density at radius 3 is 2.89 bits per heavy atom. The normalized spacial score (nSPS) is 24.2. The van der Waals surface area contributed by atoms with Crippen molar-refractivity contribution in [2.24, 2.45) is 5.92 Å². The minimum Gasteiger partial charge on any atom is -0.314 e. The van der Waals surface area contributed by atoms with Gasteiger partial charge >= 0.3 is 0 Å². The first-order valence-corrected chi connectivity index (χ1v) is 7.74. The van der Waals surface area contributed by atoms with Crippen molar-refractivity contribution in [3.63, 3.8) is 0 Å². The van der Waals surface area contributed by atoms with E-state index in [1.165, 1.54) is 25.7 Å². The van der Waals surface area contributed by atoms with Crippen molar-refractivity contribution >= 4 is 11.6 Å². The molecule has 1 saturated carbocycles. The lowest BCUT2D eigenvalue weighted by Crippen LogP contribution is -2.30. The number of nitrogens with one attached hydrogen (secondary N) is 1. The summed E-state index contributed by atoms with van der Waals surface area (Å²) in [5, 5.41) is 3.79. The first kappa shape index (κ1) is 14.8. The molecule has 0 spiro atoms. The molecule has 1 fully saturated rings. The van der Waals surface area contributed by atoms with Gasteiger partial charge in [0.25, 0.3) is 0 Å². The van der Waals surface area contributed by atoms with Crippen LogP contribution in [0.4, 0.5) is 4.39 Å². The predicted octanol–water partition coefficient (Wildman–Crippen LogP) is 4.58. The Balaban J connectivity index is 2.02. The summed E-state index contributed by atoms with van der Waals surface area (Å²) in [5.41, 5.74) is 0.773. The number of rotatable bonds is 4. The van der Waals surface area contributed by atoms with E-state index in [4.69, 9.17) is 11.6 Å². The molecule has 1 N–H and O–H groups in total. The molecule has 1 nitrogen and oxygen atoms in total. The van der Waals surface area contributed by atoms with Gasteiger partial charge in [-0.1, -0.05) is 49.9 Å². The van der Waals surface area contributed by atoms with Gasteiger partial charge in [-0.15, -0.1) is 0 Å². The van der Waals surface area contributed by atoms with Gasteiger partial charge in [0.1, 0.15) is 5.82 Å². The molecule has 0 radical (unpaired) electrons. The minimum atomic E-state index is -0.228. The van der Waals surface area contributed by atoms with Crippen LogP contribution in [0, 0.1) is 11.7 Å². The quantitative estimate of drug-likeness (QED) is 0.798. The molecule has 0 bridgehead atoms. The van der Waals surface area contributed by atoms with Crippen LogP contribution in [0.1, 0.15) is 44.6 Å². The lowest BCUT2D eigenvalue weighted by atomic mass is 9.91. The lowest BCUT2D eigenvalue weighted by molar-refractivity contribution is 0.385. The highest BCUT2D eigenvalue weighted by Gasteiger charge is 2.21. The van der Waals surface area contributed by atoms with Crippen LogP contribution in [-0.2, 0) is 6.42 Å². The van der Waals surface area contributed by atoms with E-state index in [-0.39, 0.29) is 10.8 Å². The van der Waals surface area contributed by atoms with E-state index in [0.29, 0.717) is 12.0 Å². The Hall–Kier alpha value is -0.600. The molecule has 0 amide bonds. The molecular weight excluding hydrogens is 261 g/mol. The van der Waals surface area contributed by atoms with E-state index in [1.54, 1.807) is 6.07 Å². The summed E-state index contributed by atoms with van der Waals surface area (Å²) in [5.74, 6) is 0.341. The van der Waals surface area contributed by atoms with Gasteiger partial charge in [-0.05, 0) is 43.4 Å². The molecule has 0 saturated heterocycles. The first-order chi connectivity index (χ1) is 9.20. The van der Waals surface area contributed by atoms with Gasteiger partial charge < -0.3 is 5.32 Å². The van der Waals surface area contributed by atoms with Crippen molar-refractivity contribution in [3.05, 3.63) is 34.6 Å². The van der Waals surface area contributed by atoms with Crippen LogP contribution in [0.3, 0.4) is 0 Å². The molecule has 0 aromatic heterocycles. The summed E-state index contributed by atoms with van der Waals surface area (Å²) >= 11 is 5.85. The second-order valence-corrected chi connectivity index (χ2v) is 5.97. The molecule has 1 aliphatic carbocycles. The summed E-state index contributed by atoms with van der Waals surface area (Å²) in [6.45, 7) is 3.17. The Bertz CT molecular complexity index is 408. The van der Waals surface area contributed by atoms with E-state index >= 15 is 0 Å². The maximum absolute atomic E-state index is 14.0. The molecule has 1 aromatic rings. The van der Waals surface area contributed by atoms with Crippen LogP contribution in [0.2, 0.25) is 5.02 Å². The summed E-state index contributed by atoms with van der Waals surface area (Å²) in [6, 6.07) is 5.93. The fourth-order valence-corrected chi connectivity index (χ4v) is 3.33. The van der Waals surface area contributed by atoms with Crippen LogP contribution < -0.4 is 5.32 Å². The molecule has 106 valence electrons. The Labute approximate surface area is 120 Å². The molecule has 0 aliphatic heterocycles. The van der Waals surface area contributed by atoms with E-state index in [1.807, 2.05) is 12.1 Å². The highest BCUT2D eigenvalue weighted by Crippen LogP contribution is 2.28. The number of halogens is 2. The molecule has 3 heteroatoms. The van der Waals surface area contributed by atoms with Crippen molar-refractivity contribution in [2.75, 3.05) is 6.54 Å². The van der Waals surface area contributed by atoms with Crippen LogP contribution in [0.15, 0.2) is 18.2 Å². The summed E-state index contributed by atoms with van der Waals surface area (Å²) in [4.78, 5) is 0. The van der Waals surface area contributed by atoms with Gasteiger partial charge in [0.2, 0.25) is 0 Å². The van der Waals surface area contributed by atoms with Gasteiger partial charge in [0.15, 0.2) is 0 Å². The third-order valence-corrected chi connectivity index (χ3v) is 4.36. The van der Waals surface area contributed by atoms with E-state index < -0.39 is 0 Å². The molecule has 2 unspecified atom stereocenters. The molecule has 2 rings (SSSR count). The van der Waals surface area contributed by atoms with Crippen LogP contribution in [0.5, 0.6) is 0 Å². The monoisotopic (exact) mass is 283 g/mol. The topological polar surface area (TPSA) is 12.0 Å². The summed E-state index contributed by atoms with van der Waals surface area (Å²) in [6.07, 6.45) is 6.96. The standard InChI is InChI=1S/C16H23ClFN/c1-2-19-14-8-4-3-6-12(11-14)10-13-7-5-9-15(17)16(13)18/h5,7,9,12,14,19H,2-4,6,8,10-11H2,1H3. The Morgan fingerprint density at radius 1 is 1.32 bits per heavy atom. The van der Waals surface area contributed by atoms with Gasteiger partial charge in [-0.3, -0.25) is 0 Å². The maximum Gasteiger partial charge on any atom is 0.144 e. The van der Waals surface area contributed by atoms with Gasteiger partial charge in [0, 0.05) is 6.04 Å². The molecule has 2 atom stereocenters. The molecule has 1 aromatic carbocycles. The van der Waals surface area contributed by atoms with Crippen LogP contribution in [-0.4, -0.2) is 12.6 Å². The maximum atomic E-state index is 14.0. The molecule has 1 aliphatic rings. The van der Waals surface area contributed by atoms with E-state index in [0.717, 1.165) is 24.9 Å². The zero-order valence-corrected chi connectivity index (χ0v) is 12.3. The van der Waals surface area contributed by atoms with Gasteiger partial charge in [-0.2, -0.15) is 0 Å². The summed E-state index contributed by atoms with van der Waals surface area (Å²) in [7, 11) is 0. The second kappa shape index (κ2) is 7.25. The highest BCUT2D eigenvalue weighted by molar-refractivity contribution is 6.30. The zero-order valence-electron chi connectivity index (χ0n) is 11.6. The first-order valence-electron chi connectivity index (χ1n) is 7.37. The van der Waals surface area contributed by atoms with Crippen LogP contribution in [0.25, 0.3) is 0 Å². The van der Waals surface area contributed by atoms with Gasteiger partial charge in [0.05, 0.1) is 5.02 Å². The fraction of sp³-hybridized carbons (Fsp3) is 0.625. The van der Waals surface area contributed by atoms with Crippen molar-refractivity contribution in [2.45, 2.75) is 51.5 Å². The average Bonchev–Trinajstić information content (AvgIpc) is 2.61. The van der Waals surface area contributed by atoms with Crippen LogP contribution >= 0.6 is 11.6 Å². The molecule has 0 heterocycles. The number of hydrogen-bond acceptors (Lipinski definition) is 1. The van der Waals surface area contributed by atoms with E-state index in [2.05, 4.69) is 12.2 Å². The van der Waals surface area contributed by atoms with Crippen molar-refractivity contribution in [1.82, 2.24) is 5.32 Å². The zero-order chi connectivity index (χ0) is 13.7. The Kier molecular flexibility index (Phi) is 5.65. The number of benzene rings is 1. The third kappa shape index (κ3) is 4.19. The SMILES string of the molecule is CCNC1CCCCC(Cc2cccc(Cl)c2F)C1. The Morgan fingerprint density at radius 2 is 2.11 bits per heavy atom. The van der Waals surface area contributed by atoms with Crippen molar-refractivity contribution < 1.29 is 4.39 Å². The highest BCUT2D eigenvalue weighted by atomic mass is 35.5. The molecule has 19 heavy (non-hydrogen) atoms. The van der Waals surface area contributed by atoms with Gasteiger partial charge in [-0.25, -0.2) is 4.39 Å². The summed E-state index contributed by atoms with van der Waals surface area (Å²) < 4.78 is 14.0. The van der Waals surface area contributed by atoms with E-state index in [9.17, 15) is 4.39 Å². The third-order valence-electron chi connectivity index (χ3n) is 4.07. The fourth-order valence-electron chi connectivity index (χ4n) is 3.14. The molecular formula is C16H23ClFN.